The molecule has 1 aromatic rings. The molecule has 2 N–H and O–H groups in total. The van der Waals surface area contributed by atoms with Gasteiger partial charge in [-0.1, -0.05) is 18.2 Å². The van der Waals surface area contributed by atoms with Gasteiger partial charge < -0.3 is 4.74 Å². The summed E-state index contributed by atoms with van der Waals surface area (Å²) in [6.07, 6.45) is -0.563. The lowest BCUT2D eigenvalue weighted by Crippen LogP contribution is -2.23. The van der Waals surface area contributed by atoms with Crippen molar-refractivity contribution in [2.24, 2.45) is 5.73 Å². The van der Waals surface area contributed by atoms with E-state index in [9.17, 15) is 4.79 Å². The fourth-order valence-corrected chi connectivity index (χ4v) is 1.03. The van der Waals surface area contributed by atoms with Gasteiger partial charge in [0.1, 0.15) is 6.23 Å². The zero-order valence-corrected chi connectivity index (χ0v) is 7.78. The first-order valence-corrected chi connectivity index (χ1v) is 4.13. The summed E-state index contributed by atoms with van der Waals surface area (Å²) >= 11 is 0. The number of aryl methyl sites for hydroxylation is 1. The van der Waals surface area contributed by atoms with E-state index < -0.39 is 6.23 Å². The highest BCUT2D eigenvalue weighted by Crippen LogP contribution is 2.08. The van der Waals surface area contributed by atoms with Crippen LogP contribution >= 0.6 is 0 Å². The van der Waals surface area contributed by atoms with Crippen LogP contribution in [0.2, 0.25) is 0 Å². The molecule has 0 aliphatic rings. The normalized spacial score (nSPS) is 12.2. The summed E-state index contributed by atoms with van der Waals surface area (Å²) in [5.41, 5.74) is 6.80. The second kappa shape index (κ2) is 4.05. The molecule has 0 bridgehead atoms. The summed E-state index contributed by atoms with van der Waals surface area (Å²) in [7, 11) is 0. The van der Waals surface area contributed by atoms with E-state index in [4.69, 9.17) is 10.5 Å². The van der Waals surface area contributed by atoms with Crippen molar-refractivity contribution in [3.63, 3.8) is 0 Å². The van der Waals surface area contributed by atoms with Crippen LogP contribution in [-0.4, -0.2) is 12.2 Å². The largest absolute Gasteiger partial charge is 0.444 e. The third kappa shape index (κ3) is 2.56. The smallest absolute Gasteiger partial charge is 0.339 e. The maximum absolute atomic E-state index is 11.4. The van der Waals surface area contributed by atoms with Crippen LogP contribution in [-0.2, 0) is 4.74 Å². The first kappa shape index (κ1) is 9.74. The molecule has 0 radical (unpaired) electrons. The summed E-state index contributed by atoms with van der Waals surface area (Å²) in [5, 5.41) is 0. The minimum atomic E-state index is -0.563. The minimum absolute atomic E-state index is 0.367. The van der Waals surface area contributed by atoms with Gasteiger partial charge in [-0.25, -0.2) is 4.79 Å². The number of esters is 1. The van der Waals surface area contributed by atoms with Gasteiger partial charge in [-0.15, -0.1) is 0 Å². The highest BCUT2D eigenvalue weighted by Gasteiger charge is 2.10. The third-order valence-corrected chi connectivity index (χ3v) is 1.66. The van der Waals surface area contributed by atoms with Gasteiger partial charge in [0.25, 0.3) is 0 Å². The van der Waals surface area contributed by atoms with Crippen molar-refractivity contribution in [3.05, 3.63) is 35.4 Å². The number of nitrogens with two attached hydrogens (primary N) is 1. The molecule has 0 saturated heterocycles. The molecule has 0 fully saturated rings. The predicted molar refractivity (Wildman–Crippen MR) is 50.2 cm³/mol. The van der Waals surface area contributed by atoms with Crippen LogP contribution in [0.3, 0.4) is 0 Å². The molecule has 0 aromatic heterocycles. The van der Waals surface area contributed by atoms with Crippen molar-refractivity contribution in [3.8, 4) is 0 Å². The Morgan fingerprint density at radius 1 is 1.46 bits per heavy atom. The maximum atomic E-state index is 11.4. The molecule has 0 aliphatic carbocycles. The quantitative estimate of drug-likeness (QED) is 0.552. The molecule has 0 heterocycles. The van der Waals surface area contributed by atoms with Crippen molar-refractivity contribution >= 4 is 5.97 Å². The highest BCUT2D eigenvalue weighted by molar-refractivity contribution is 5.91. The standard InChI is InChI=1S/C10H13NO2/c1-7-5-3-4-6-9(7)10(12)13-8(2)11/h3-6,8H,11H2,1-2H3. The Hall–Kier alpha value is -1.35. The van der Waals surface area contributed by atoms with Gasteiger partial charge in [-0.2, -0.15) is 0 Å². The van der Waals surface area contributed by atoms with Crippen LogP contribution in [0.25, 0.3) is 0 Å². The van der Waals surface area contributed by atoms with Gasteiger partial charge in [0, 0.05) is 0 Å². The van der Waals surface area contributed by atoms with Crippen LogP contribution in [0.5, 0.6) is 0 Å². The third-order valence-electron chi connectivity index (χ3n) is 1.66. The Bertz CT molecular complexity index is 308. The Labute approximate surface area is 77.5 Å². The monoisotopic (exact) mass is 179 g/mol. The first-order chi connectivity index (χ1) is 6.11. The molecule has 0 saturated carbocycles. The summed E-state index contributed by atoms with van der Waals surface area (Å²) in [6, 6.07) is 7.25. The van der Waals surface area contributed by atoms with E-state index in [0.29, 0.717) is 5.56 Å². The van der Waals surface area contributed by atoms with Crippen molar-refractivity contribution in [1.82, 2.24) is 0 Å². The van der Waals surface area contributed by atoms with Crippen LogP contribution in [0.15, 0.2) is 24.3 Å². The molecule has 1 aromatic carbocycles. The number of benzene rings is 1. The van der Waals surface area contributed by atoms with E-state index in [-0.39, 0.29) is 5.97 Å². The molecule has 3 nitrogen and oxygen atoms in total. The van der Waals surface area contributed by atoms with Crippen LogP contribution in [0.4, 0.5) is 0 Å². The summed E-state index contributed by atoms with van der Waals surface area (Å²) in [4.78, 5) is 11.4. The summed E-state index contributed by atoms with van der Waals surface area (Å²) in [5.74, 6) is -0.367. The first-order valence-electron chi connectivity index (χ1n) is 4.13. The average Bonchev–Trinajstić information content (AvgIpc) is 2.03. The Balaban J connectivity index is 2.83. The second-order valence-electron chi connectivity index (χ2n) is 2.93. The molecule has 1 atom stereocenters. The van der Waals surface area contributed by atoms with Gasteiger partial charge in [-0.3, -0.25) is 5.73 Å². The number of carbonyl (C=O) groups excluding carboxylic acids is 1. The zero-order chi connectivity index (χ0) is 9.84. The van der Waals surface area contributed by atoms with E-state index in [0.717, 1.165) is 5.56 Å². The van der Waals surface area contributed by atoms with Crippen molar-refractivity contribution in [2.45, 2.75) is 20.1 Å². The molecule has 0 aliphatic heterocycles. The van der Waals surface area contributed by atoms with Crippen LogP contribution in [0.1, 0.15) is 22.8 Å². The Kier molecular flexibility index (Phi) is 3.03. The SMILES string of the molecule is Cc1ccccc1C(=O)OC(C)N. The molecule has 13 heavy (non-hydrogen) atoms. The van der Waals surface area contributed by atoms with Gasteiger partial charge in [0.15, 0.2) is 0 Å². The summed E-state index contributed by atoms with van der Waals surface area (Å²) < 4.78 is 4.86. The zero-order valence-electron chi connectivity index (χ0n) is 7.78. The van der Waals surface area contributed by atoms with Gasteiger partial charge in [0.05, 0.1) is 5.56 Å². The van der Waals surface area contributed by atoms with Crippen LogP contribution < -0.4 is 5.73 Å². The summed E-state index contributed by atoms with van der Waals surface area (Å²) in [6.45, 7) is 3.48. The van der Waals surface area contributed by atoms with E-state index in [1.54, 1.807) is 19.1 Å². The van der Waals surface area contributed by atoms with Crippen molar-refractivity contribution < 1.29 is 9.53 Å². The fourth-order valence-electron chi connectivity index (χ4n) is 1.03. The highest BCUT2D eigenvalue weighted by atomic mass is 16.6. The van der Waals surface area contributed by atoms with E-state index in [1.807, 2.05) is 19.1 Å². The maximum Gasteiger partial charge on any atom is 0.339 e. The molecule has 1 rings (SSSR count). The second-order valence-corrected chi connectivity index (χ2v) is 2.93. The fraction of sp³-hybridized carbons (Fsp3) is 0.300. The van der Waals surface area contributed by atoms with Gasteiger partial charge in [-0.05, 0) is 25.5 Å². The number of carbonyl (C=O) groups is 1. The number of ether oxygens (including phenoxy) is 1. The number of hydrogen-bond donors (Lipinski definition) is 1. The average molecular weight is 179 g/mol. The molecule has 1 unspecified atom stereocenters. The molecular weight excluding hydrogens is 166 g/mol. The van der Waals surface area contributed by atoms with E-state index >= 15 is 0 Å². The van der Waals surface area contributed by atoms with Crippen molar-refractivity contribution in [1.29, 1.82) is 0 Å². The molecule has 0 amide bonds. The van der Waals surface area contributed by atoms with Crippen molar-refractivity contribution in [2.75, 3.05) is 0 Å². The minimum Gasteiger partial charge on any atom is -0.444 e. The molecular formula is C10H13NO2. The molecule has 70 valence electrons. The Morgan fingerprint density at radius 3 is 2.62 bits per heavy atom. The molecule has 3 heteroatoms. The number of hydrogen-bond acceptors (Lipinski definition) is 3. The lowest BCUT2D eigenvalue weighted by Gasteiger charge is -2.08. The molecule has 0 spiro atoms. The lowest BCUT2D eigenvalue weighted by molar-refractivity contribution is 0.0354. The topological polar surface area (TPSA) is 52.3 Å². The van der Waals surface area contributed by atoms with Gasteiger partial charge in [0.2, 0.25) is 0 Å². The van der Waals surface area contributed by atoms with E-state index in [1.165, 1.54) is 0 Å². The van der Waals surface area contributed by atoms with Crippen LogP contribution in [0, 0.1) is 6.92 Å². The Morgan fingerprint density at radius 2 is 2.08 bits per heavy atom. The van der Waals surface area contributed by atoms with E-state index in [2.05, 4.69) is 0 Å². The number of rotatable bonds is 2. The van der Waals surface area contributed by atoms with Gasteiger partial charge >= 0.3 is 5.97 Å². The predicted octanol–water partition coefficient (Wildman–Crippen LogP) is 1.46. The lowest BCUT2D eigenvalue weighted by atomic mass is 10.1.